The van der Waals surface area contributed by atoms with Gasteiger partial charge in [0.2, 0.25) is 5.91 Å². The molecule has 0 aliphatic heterocycles. The second-order valence-electron chi connectivity index (χ2n) is 12.8. The van der Waals surface area contributed by atoms with Crippen molar-refractivity contribution < 1.29 is 14.4 Å². The number of hydrogen-bond acceptors (Lipinski definition) is 6. The Bertz CT molecular complexity index is 937. The fourth-order valence-electron chi connectivity index (χ4n) is 7.22. The summed E-state index contributed by atoms with van der Waals surface area (Å²) in [4.78, 5) is 38.2. The van der Waals surface area contributed by atoms with Gasteiger partial charge in [-0.15, -0.1) is 11.8 Å². The lowest BCUT2D eigenvalue weighted by atomic mass is 9.62. The number of rotatable bonds is 18. The molecule has 0 radical (unpaired) electrons. The van der Waals surface area contributed by atoms with Gasteiger partial charge in [0.25, 0.3) is 0 Å². The van der Waals surface area contributed by atoms with Crippen LogP contribution in [0.4, 0.5) is 0 Å². The monoisotopic (exact) mass is 571 g/mol. The SMILES string of the molecule is CNC(=O)CCC(C=O)N(C)Cc1c(C=O)cccc1SCCCCCCCNC1(C)CC2CC(C)CC(C2)C1. The third-order valence-electron chi connectivity index (χ3n) is 9.12. The number of likely N-dealkylation sites (N-methyl/N-ethyl adjacent to an activating group) is 1. The summed E-state index contributed by atoms with van der Waals surface area (Å²) >= 11 is 1.80. The third-order valence-corrected chi connectivity index (χ3v) is 10.3. The first-order valence-corrected chi connectivity index (χ1v) is 16.6. The Balaban J connectivity index is 1.36. The molecule has 2 aliphatic carbocycles. The maximum absolute atomic E-state index is 11.8. The van der Waals surface area contributed by atoms with Crippen molar-refractivity contribution in [2.45, 2.75) is 114 Å². The molecule has 40 heavy (non-hydrogen) atoms. The molecule has 1 aromatic rings. The Morgan fingerprint density at radius 2 is 1.80 bits per heavy atom. The molecule has 0 saturated heterocycles. The molecule has 1 aromatic carbocycles. The fourth-order valence-corrected chi connectivity index (χ4v) is 8.32. The van der Waals surface area contributed by atoms with Crippen LogP contribution in [0.3, 0.4) is 0 Å². The number of nitrogens with one attached hydrogen (secondary N) is 2. The Kier molecular flexibility index (Phi) is 13.7. The summed E-state index contributed by atoms with van der Waals surface area (Å²) in [5.41, 5.74) is 1.99. The van der Waals surface area contributed by atoms with Gasteiger partial charge in [0.1, 0.15) is 12.6 Å². The number of thioether (sulfide) groups is 1. The van der Waals surface area contributed by atoms with E-state index in [2.05, 4.69) is 30.5 Å². The average Bonchev–Trinajstić information content (AvgIpc) is 2.92. The molecular formula is C33H53N3O3S. The Morgan fingerprint density at radius 1 is 1.10 bits per heavy atom. The summed E-state index contributed by atoms with van der Waals surface area (Å²) in [6.45, 7) is 6.55. The highest BCUT2D eigenvalue weighted by atomic mass is 32.2. The van der Waals surface area contributed by atoms with Gasteiger partial charge in [-0.1, -0.05) is 38.3 Å². The molecule has 224 valence electrons. The Hall–Kier alpha value is -1.70. The van der Waals surface area contributed by atoms with E-state index in [9.17, 15) is 14.4 Å². The molecule has 3 atom stereocenters. The number of benzene rings is 1. The molecule has 2 aliphatic rings. The number of fused-ring (bicyclic) bond motifs is 2. The molecule has 6 nitrogen and oxygen atoms in total. The third kappa shape index (κ3) is 10.3. The molecule has 7 heteroatoms. The van der Waals surface area contributed by atoms with E-state index in [1.54, 1.807) is 18.8 Å². The highest BCUT2D eigenvalue weighted by molar-refractivity contribution is 7.99. The van der Waals surface area contributed by atoms with Crippen molar-refractivity contribution in [1.82, 2.24) is 15.5 Å². The van der Waals surface area contributed by atoms with Gasteiger partial charge in [0, 0.05) is 36.0 Å². The predicted octanol–water partition coefficient (Wildman–Crippen LogP) is 6.26. The molecule has 2 N–H and O–H groups in total. The molecule has 2 bridgehead atoms. The van der Waals surface area contributed by atoms with E-state index in [0.717, 1.165) is 59.5 Å². The molecule has 1 amide bonds. The van der Waals surface area contributed by atoms with Crippen molar-refractivity contribution in [3.63, 3.8) is 0 Å². The highest BCUT2D eigenvalue weighted by Gasteiger charge is 2.40. The normalized spacial score (nSPS) is 25.0. The first-order valence-electron chi connectivity index (χ1n) is 15.6. The lowest BCUT2D eigenvalue weighted by Gasteiger charge is -2.47. The van der Waals surface area contributed by atoms with Gasteiger partial charge in [-0.25, -0.2) is 0 Å². The van der Waals surface area contributed by atoms with Gasteiger partial charge in [-0.05, 0) is 107 Å². The smallest absolute Gasteiger partial charge is 0.219 e. The van der Waals surface area contributed by atoms with Crippen LogP contribution in [0.25, 0.3) is 0 Å². The number of unbranched alkanes of at least 4 members (excludes halogenated alkanes) is 4. The predicted molar refractivity (Wildman–Crippen MR) is 166 cm³/mol. The van der Waals surface area contributed by atoms with E-state index in [1.807, 2.05) is 24.1 Å². The number of carbonyl (C=O) groups is 3. The summed E-state index contributed by atoms with van der Waals surface area (Å²) in [5, 5.41) is 6.55. The largest absolute Gasteiger partial charge is 0.359 e. The fraction of sp³-hybridized carbons (Fsp3) is 0.727. The summed E-state index contributed by atoms with van der Waals surface area (Å²) in [7, 11) is 3.49. The number of aldehydes is 2. The van der Waals surface area contributed by atoms with Crippen molar-refractivity contribution in [3.05, 3.63) is 29.3 Å². The van der Waals surface area contributed by atoms with Crippen molar-refractivity contribution in [3.8, 4) is 0 Å². The first-order chi connectivity index (χ1) is 19.3. The Labute approximate surface area is 247 Å². The van der Waals surface area contributed by atoms with E-state index in [0.29, 0.717) is 30.5 Å². The van der Waals surface area contributed by atoms with Crippen molar-refractivity contribution >= 4 is 30.2 Å². The molecule has 0 aromatic heterocycles. The molecule has 0 spiro atoms. The van der Waals surface area contributed by atoms with Crippen LogP contribution in [-0.2, 0) is 16.1 Å². The van der Waals surface area contributed by atoms with Crippen LogP contribution in [0.1, 0.15) is 107 Å². The number of amides is 1. The van der Waals surface area contributed by atoms with E-state index >= 15 is 0 Å². The topological polar surface area (TPSA) is 78.5 Å². The molecule has 2 saturated carbocycles. The maximum Gasteiger partial charge on any atom is 0.219 e. The number of nitrogens with zero attached hydrogens (tertiary/aromatic N) is 1. The quantitative estimate of drug-likeness (QED) is 0.123. The minimum atomic E-state index is -0.367. The van der Waals surface area contributed by atoms with Gasteiger partial charge in [0.05, 0.1) is 6.04 Å². The van der Waals surface area contributed by atoms with Crippen LogP contribution in [0.2, 0.25) is 0 Å². The number of hydrogen-bond donors (Lipinski definition) is 2. The number of carbonyl (C=O) groups excluding carboxylic acids is 3. The standard InChI is InChI=1S/C33H53N3O3S/c1-25-17-26-19-27(18-25)21-33(2,20-26)35-15-8-6-5-7-9-16-40-31-12-10-11-28(23-37)30(31)22-36(4)29(24-38)13-14-32(39)34-3/h10-12,23-27,29,35H,5-9,13-22H2,1-4H3,(H,34,39). The van der Waals surface area contributed by atoms with Crippen LogP contribution >= 0.6 is 11.8 Å². The zero-order valence-corrected chi connectivity index (χ0v) is 26.2. The van der Waals surface area contributed by atoms with Crippen molar-refractivity contribution in [2.24, 2.45) is 17.8 Å². The summed E-state index contributed by atoms with van der Waals surface area (Å²) in [6, 6.07) is 5.49. The van der Waals surface area contributed by atoms with Gasteiger partial charge < -0.3 is 15.4 Å². The van der Waals surface area contributed by atoms with Crippen LogP contribution in [0.5, 0.6) is 0 Å². The first kappa shape index (κ1) is 32.8. The minimum Gasteiger partial charge on any atom is -0.359 e. The summed E-state index contributed by atoms with van der Waals surface area (Å²) in [5.74, 6) is 3.74. The molecule has 0 heterocycles. The summed E-state index contributed by atoms with van der Waals surface area (Å²) < 4.78 is 0. The molecular weight excluding hydrogens is 518 g/mol. The lowest BCUT2D eigenvalue weighted by molar-refractivity contribution is -0.121. The maximum atomic E-state index is 11.8. The zero-order chi connectivity index (χ0) is 29.0. The van der Waals surface area contributed by atoms with E-state index in [-0.39, 0.29) is 11.9 Å². The van der Waals surface area contributed by atoms with Gasteiger partial charge in [-0.3, -0.25) is 14.5 Å². The second kappa shape index (κ2) is 16.7. The van der Waals surface area contributed by atoms with Gasteiger partial charge in [0.15, 0.2) is 0 Å². The van der Waals surface area contributed by atoms with Crippen molar-refractivity contribution in [2.75, 3.05) is 26.4 Å². The molecule has 2 fully saturated rings. The minimum absolute atomic E-state index is 0.0728. The van der Waals surface area contributed by atoms with E-state index in [4.69, 9.17) is 0 Å². The Morgan fingerprint density at radius 3 is 2.48 bits per heavy atom. The van der Waals surface area contributed by atoms with Gasteiger partial charge in [-0.2, -0.15) is 0 Å². The average molecular weight is 572 g/mol. The summed E-state index contributed by atoms with van der Waals surface area (Å²) in [6.07, 6.45) is 15.8. The van der Waals surface area contributed by atoms with Crippen LogP contribution in [0, 0.1) is 17.8 Å². The lowest BCUT2D eigenvalue weighted by Crippen LogP contribution is -2.50. The molecule has 3 unspecified atom stereocenters. The second-order valence-corrected chi connectivity index (χ2v) is 14.0. The van der Waals surface area contributed by atoms with E-state index in [1.165, 1.54) is 57.8 Å². The zero-order valence-electron chi connectivity index (χ0n) is 25.4. The molecule has 3 rings (SSSR count). The highest BCUT2D eigenvalue weighted by Crippen LogP contribution is 2.46. The van der Waals surface area contributed by atoms with Gasteiger partial charge >= 0.3 is 0 Å². The van der Waals surface area contributed by atoms with E-state index < -0.39 is 0 Å². The van der Waals surface area contributed by atoms with Crippen LogP contribution in [-0.4, -0.2) is 61.4 Å². The van der Waals surface area contributed by atoms with Crippen LogP contribution in [0.15, 0.2) is 23.1 Å². The van der Waals surface area contributed by atoms with Crippen LogP contribution < -0.4 is 10.6 Å². The van der Waals surface area contributed by atoms with Crippen molar-refractivity contribution in [1.29, 1.82) is 0 Å².